The van der Waals surface area contributed by atoms with Gasteiger partial charge in [-0.25, -0.2) is 0 Å². The lowest BCUT2D eigenvalue weighted by molar-refractivity contribution is -0.0312. The van der Waals surface area contributed by atoms with Crippen LogP contribution in [0.1, 0.15) is 20.3 Å². The molecule has 3 nitrogen and oxygen atoms in total. The number of aliphatic hydroxyl groups excluding tert-OH is 1. The molecule has 2 N–H and O–H groups in total. The third-order valence-electron chi connectivity index (χ3n) is 1.94. The van der Waals surface area contributed by atoms with Crippen molar-refractivity contribution in [3.63, 3.8) is 0 Å². The van der Waals surface area contributed by atoms with E-state index in [1.54, 1.807) is 0 Å². The lowest BCUT2D eigenvalue weighted by atomic mass is 10.0. The van der Waals surface area contributed by atoms with Crippen LogP contribution in [0.3, 0.4) is 0 Å². The fourth-order valence-electron chi connectivity index (χ4n) is 1.16. The molecule has 0 radical (unpaired) electrons. The first-order valence-electron chi connectivity index (χ1n) is 4.11. The topological polar surface area (TPSA) is 41.5 Å². The second kappa shape index (κ2) is 3.52. The summed E-state index contributed by atoms with van der Waals surface area (Å²) in [6.45, 7) is 6.03. The SMILES string of the molecule is CC1(C)COC(CCO)CN1. The highest BCUT2D eigenvalue weighted by Crippen LogP contribution is 2.12. The molecule has 0 aromatic heterocycles. The first-order chi connectivity index (χ1) is 5.14. The van der Waals surface area contributed by atoms with Gasteiger partial charge < -0.3 is 15.2 Å². The van der Waals surface area contributed by atoms with Gasteiger partial charge >= 0.3 is 0 Å². The van der Waals surface area contributed by atoms with Crippen molar-refractivity contribution in [1.82, 2.24) is 5.32 Å². The Morgan fingerprint density at radius 2 is 2.36 bits per heavy atom. The molecule has 1 unspecified atom stereocenters. The minimum absolute atomic E-state index is 0.103. The molecule has 0 spiro atoms. The van der Waals surface area contributed by atoms with Gasteiger partial charge in [-0.05, 0) is 20.3 Å². The van der Waals surface area contributed by atoms with E-state index in [2.05, 4.69) is 19.2 Å². The molecule has 1 rings (SSSR count). The van der Waals surface area contributed by atoms with Crippen LogP contribution in [0.5, 0.6) is 0 Å². The summed E-state index contributed by atoms with van der Waals surface area (Å²) in [7, 11) is 0. The van der Waals surface area contributed by atoms with Crippen LogP contribution >= 0.6 is 0 Å². The molecule has 1 atom stereocenters. The van der Waals surface area contributed by atoms with Crippen LogP contribution in [0.2, 0.25) is 0 Å². The number of hydrogen-bond donors (Lipinski definition) is 2. The molecule has 0 aromatic rings. The predicted octanol–water partition coefficient (Wildman–Crippen LogP) is 0.136. The molecular weight excluding hydrogens is 142 g/mol. The summed E-state index contributed by atoms with van der Waals surface area (Å²) in [6.07, 6.45) is 0.941. The van der Waals surface area contributed by atoms with Gasteiger partial charge in [0.2, 0.25) is 0 Å². The van der Waals surface area contributed by atoms with Crippen molar-refractivity contribution in [2.45, 2.75) is 31.9 Å². The lowest BCUT2D eigenvalue weighted by Crippen LogP contribution is -2.53. The molecule has 0 bridgehead atoms. The fourth-order valence-corrected chi connectivity index (χ4v) is 1.16. The lowest BCUT2D eigenvalue weighted by Gasteiger charge is -2.35. The highest BCUT2D eigenvalue weighted by Gasteiger charge is 2.25. The van der Waals surface area contributed by atoms with Crippen LogP contribution in [-0.2, 0) is 4.74 Å². The largest absolute Gasteiger partial charge is 0.396 e. The van der Waals surface area contributed by atoms with Crippen LogP contribution in [-0.4, -0.2) is 36.5 Å². The van der Waals surface area contributed by atoms with Gasteiger partial charge in [-0.1, -0.05) is 0 Å². The second-order valence-electron chi connectivity index (χ2n) is 3.71. The Balaban J connectivity index is 2.25. The summed E-state index contributed by atoms with van der Waals surface area (Å²) >= 11 is 0. The molecule has 0 saturated carbocycles. The van der Waals surface area contributed by atoms with Gasteiger partial charge in [0.1, 0.15) is 0 Å². The Labute approximate surface area is 67.7 Å². The van der Waals surface area contributed by atoms with E-state index < -0.39 is 0 Å². The Morgan fingerprint density at radius 1 is 1.64 bits per heavy atom. The Bertz CT molecular complexity index is 115. The number of rotatable bonds is 2. The number of nitrogens with one attached hydrogen (secondary N) is 1. The summed E-state index contributed by atoms with van der Waals surface area (Å²) in [4.78, 5) is 0. The molecule has 1 aliphatic rings. The molecule has 0 aromatic carbocycles. The summed E-state index contributed by atoms with van der Waals surface area (Å²) < 4.78 is 5.51. The van der Waals surface area contributed by atoms with E-state index in [9.17, 15) is 0 Å². The van der Waals surface area contributed by atoms with Gasteiger partial charge in [0.15, 0.2) is 0 Å². The van der Waals surface area contributed by atoms with Gasteiger partial charge in [-0.3, -0.25) is 0 Å². The quantitative estimate of drug-likeness (QED) is 0.602. The zero-order chi connectivity index (χ0) is 8.32. The summed E-state index contributed by atoms with van der Waals surface area (Å²) in [5, 5.41) is 12.0. The average molecular weight is 159 g/mol. The van der Waals surface area contributed by atoms with Crippen molar-refractivity contribution < 1.29 is 9.84 Å². The monoisotopic (exact) mass is 159 g/mol. The molecule has 1 fully saturated rings. The van der Waals surface area contributed by atoms with Crippen LogP contribution < -0.4 is 5.32 Å². The fraction of sp³-hybridized carbons (Fsp3) is 1.00. The summed E-state index contributed by atoms with van der Waals surface area (Å²) in [6, 6.07) is 0. The number of morpholine rings is 1. The van der Waals surface area contributed by atoms with Gasteiger partial charge in [0, 0.05) is 18.7 Å². The zero-order valence-electron chi connectivity index (χ0n) is 7.26. The van der Waals surface area contributed by atoms with Crippen molar-refractivity contribution in [2.75, 3.05) is 19.8 Å². The van der Waals surface area contributed by atoms with Gasteiger partial charge in [-0.2, -0.15) is 0 Å². The van der Waals surface area contributed by atoms with Crippen LogP contribution in [0.15, 0.2) is 0 Å². The maximum atomic E-state index is 8.64. The average Bonchev–Trinajstić information content (AvgIpc) is 1.94. The Kier molecular flexibility index (Phi) is 2.87. The van der Waals surface area contributed by atoms with Crippen molar-refractivity contribution in [2.24, 2.45) is 0 Å². The number of aliphatic hydroxyl groups is 1. The summed E-state index contributed by atoms with van der Waals surface area (Å²) in [5.41, 5.74) is 0.103. The molecule has 1 aliphatic heterocycles. The van der Waals surface area contributed by atoms with Crippen molar-refractivity contribution in [3.8, 4) is 0 Å². The van der Waals surface area contributed by atoms with Crippen LogP contribution in [0, 0.1) is 0 Å². The second-order valence-corrected chi connectivity index (χ2v) is 3.71. The molecule has 1 heterocycles. The van der Waals surface area contributed by atoms with E-state index in [1.807, 2.05) is 0 Å². The zero-order valence-corrected chi connectivity index (χ0v) is 7.26. The van der Waals surface area contributed by atoms with E-state index >= 15 is 0 Å². The summed E-state index contributed by atoms with van der Waals surface area (Å²) in [5.74, 6) is 0. The minimum atomic E-state index is 0.103. The molecule has 0 aliphatic carbocycles. The third-order valence-corrected chi connectivity index (χ3v) is 1.94. The van der Waals surface area contributed by atoms with Gasteiger partial charge in [0.25, 0.3) is 0 Å². The van der Waals surface area contributed by atoms with E-state index in [0.29, 0.717) is 0 Å². The van der Waals surface area contributed by atoms with E-state index in [-0.39, 0.29) is 18.2 Å². The van der Waals surface area contributed by atoms with E-state index in [1.165, 1.54) is 0 Å². The highest BCUT2D eigenvalue weighted by atomic mass is 16.5. The van der Waals surface area contributed by atoms with E-state index in [4.69, 9.17) is 9.84 Å². The van der Waals surface area contributed by atoms with Crippen molar-refractivity contribution >= 4 is 0 Å². The molecule has 1 saturated heterocycles. The molecule has 66 valence electrons. The molecule has 11 heavy (non-hydrogen) atoms. The molecule has 3 heteroatoms. The smallest absolute Gasteiger partial charge is 0.0722 e. The normalized spacial score (nSPS) is 30.3. The number of hydrogen-bond acceptors (Lipinski definition) is 3. The van der Waals surface area contributed by atoms with Crippen LogP contribution in [0.25, 0.3) is 0 Å². The van der Waals surface area contributed by atoms with Crippen molar-refractivity contribution in [3.05, 3.63) is 0 Å². The number of ether oxygens (including phenoxy) is 1. The van der Waals surface area contributed by atoms with Crippen LogP contribution in [0.4, 0.5) is 0 Å². The van der Waals surface area contributed by atoms with E-state index in [0.717, 1.165) is 19.6 Å². The maximum Gasteiger partial charge on any atom is 0.0722 e. The maximum absolute atomic E-state index is 8.64. The Hall–Kier alpha value is -0.120. The Morgan fingerprint density at radius 3 is 2.82 bits per heavy atom. The third kappa shape index (κ3) is 2.77. The molecular formula is C8H17NO2. The molecule has 0 amide bonds. The van der Waals surface area contributed by atoms with Gasteiger partial charge in [-0.15, -0.1) is 0 Å². The first-order valence-corrected chi connectivity index (χ1v) is 4.11. The first kappa shape index (κ1) is 8.97. The predicted molar refractivity (Wildman–Crippen MR) is 43.5 cm³/mol. The highest BCUT2D eigenvalue weighted by molar-refractivity contribution is 4.83. The minimum Gasteiger partial charge on any atom is -0.396 e. The van der Waals surface area contributed by atoms with Gasteiger partial charge in [0.05, 0.1) is 12.7 Å². The standard InChI is InChI=1S/C8H17NO2/c1-8(2)6-11-7(3-4-10)5-9-8/h7,9-10H,3-6H2,1-2H3. The van der Waals surface area contributed by atoms with Crippen molar-refractivity contribution in [1.29, 1.82) is 0 Å².